The van der Waals surface area contributed by atoms with E-state index in [4.69, 9.17) is 4.74 Å². The fourth-order valence-corrected chi connectivity index (χ4v) is 1.94. The van der Waals surface area contributed by atoms with Crippen molar-refractivity contribution in [2.75, 3.05) is 24.8 Å². The van der Waals surface area contributed by atoms with E-state index in [0.717, 1.165) is 16.9 Å². The zero-order valence-corrected chi connectivity index (χ0v) is 12.5. The van der Waals surface area contributed by atoms with E-state index in [1.54, 1.807) is 12.1 Å². The van der Waals surface area contributed by atoms with Crippen molar-refractivity contribution in [1.82, 2.24) is 9.97 Å². The third-order valence-electron chi connectivity index (χ3n) is 3.02. The number of aromatic nitrogens is 2. The van der Waals surface area contributed by atoms with Crippen LogP contribution in [-0.2, 0) is 0 Å². The van der Waals surface area contributed by atoms with Crippen LogP contribution in [0.1, 0.15) is 21.6 Å². The van der Waals surface area contributed by atoms with Crippen molar-refractivity contribution >= 4 is 17.5 Å². The van der Waals surface area contributed by atoms with Gasteiger partial charge in [0.05, 0.1) is 7.11 Å². The first-order valence-corrected chi connectivity index (χ1v) is 6.53. The first kappa shape index (κ1) is 14.8. The number of benzene rings is 1. The second-order valence-electron chi connectivity index (χ2n) is 4.61. The van der Waals surface area contributed by atoms with Gasteiger partial charge < -0.3 is 10.1 Å². The first-order valence-electron chi connectivity index (χ1n) is 6.53. The maximum Gasteiger partial charge on any atom is 0.258 e. The zero-order chi connectivity index (χ0) is 15.4. The Labute approximate surface area is 123 Å². The molecule has 0 atom stereocenters. The second-order valence-corrected chi connectivity index (χ2v) is 4.61. The summed E-state index contributed by atoms with van der Waals surface area (Å²) < 4.78 is 5.07. The molecule has 0 radical (unpaired) electrons. The number of methoxy groups -OCH3 is 1. The van der Waals surface area contributed by atoms with Gasteiger partial charge in [-0.05, 0) is 37.6 Å². The van der Waals surface area contributed by atoms with Crippen LogP contribution in [0, 0.1) is 13.8 Å². The van der Waals surface area contributed by atoms with Gasteiger partial charge in [0, 0.05) is 30.1 Å². The monoisotopic (exact) mass is 286 g/mol. The van der Waals surface area contributed by atoms with E-state index in [2.05, 4.69) is 20.6 Å². The predicted octanol–water partition coefficient (Wildman–Crippen LogP) is 2.40. The Morgan fingerprint density at radius 1 is 1.19 bits per heavy atom. The van der Waals surface area contributed by atoms with E-state index < -0.39 is 0 Å². The molecule has 1 amide bonds. The Balaban J connectivity index is 2.23. The summed E-state index contributed by atoms with van der Waals surface area (Å²) in [5, 5.41) is 5.72. The summed E-state index contributed by atoms with van der Waals surface area (Å²) in [6, 6.07) is 7.22. The number of amides is 1. The third kappa shape index (κ3) is 3.47. The predicted molar refractivity (Wildman–Crippen MR) is 82.0 cm³/mol. The molecule has 0 spiro atoms. The van der Waals surface area contributed by atoms with Crippen LogP contribution in [-0.4, -0.2) is 30.0 Å². The second kappa shape index (κ2) is 6.21. The lowest BCUT2D eigenvalue weighted by Gasteiger charge is -2.09. The van der Waals surface area contributed by atoms with E-state index in [9.17, 15) is 4.79 Å². The quantitative estimate of drug-likeness (QED) is 0.902. The molecule has 0 fully saturated rings. The van der Waals surface area contributed by atoms with Crippen molar-refractivity contribution in [1.29, 1.82) is 0 Å². The van der Waals surface area contributed by atoms with E-state index in [1.807, 2.05) is 33.0 Å². The van der Waals surface area contributed by atoms with Crippen LogP contribution in [0.2, 0.25) is 0 Å². The number of rotatable bonds is 4. The van der Waals surface area contributed by atoms with Crippen LogP contribution >= 0.6 is 0 Å². The number of nitrogens with zero attached hydrogens (tertiary/aromatic N) is 2. The minimum Gasteiger partial charge on any atom is -0.481 e. The summed E-state index contributed by atoms with van der Waals surface area (Å²) in [6.45, 7) is 3.69. The van der Waals surface area contributed by atoms with Crippen molar-refractivity contribution in [2.24, 2.45) is 0 Å². The van der Waals surface area contributed by atoms with Crippen LogP contribution < -0.4 is 15.4 Å². The lowest BCUT2D eigenvalue weighted by Crippen LogP contribution is -2.16. The van der Waals surface area contributed by atoms with Gasteiger partial charge in [-0.25, -0.2) is 4.98 Å². The highest BCUT2D eigenvalue weighted by molar-refractivity contribution is 6.04. The number of hydrogen-bond donors (Lipinski definition) is 2. The number of anilines is 2. The molecule has 0 bridgehead atoms. The summed E-state index contributed by atoms with van der Waals surface area (Å²) >= 11 is 0. The SMILES string of the molecule is CNc1ccc(C(=O)Nc2nc(C)cc(OC)n2)c(C)c1. The highest BCUT2D eigenvalue weighted by Gasteiger charge is 2.12. The number of carbonyl (C=O) groups is 1. The molecule has 21 heavy (non-hydrogen) atoms. The molecule has 2 aromatic rings. The number of nitrogens with one attached hydrogen (secondary N) is 2. The van der Waals surface area contributed by atoms with Crippen molar-refractivity contribution in [3.8, 4) is 5.88 Å². The normalized spacial score (nSPS) is 10.1. The molecule has 0 saturated carbocycles. The minimum absolute atomic E-state index is 0.231. The Hall–Kier alpha value is -2.63. The molecule has 6 nitrogen and oxygen atoms in total. The molecule has 110 valence electrons. The van der Waals surface area contributed by atoms with E-state index in [0.29, 0.717) is 11.4 Å². The highest BCUT2D eigenvalue weighted by Crippen LogP contribution is 2.17. The molecule has 1 aromatic heterocycles. The molecule has 0 aliphatic rings. The van der Waals surface area contributed by atoms with Gasteiger partial charge in [-0.1, -0.05) is 0 Å². The lowest BCUT2D eigenvalue weighted by molar-refractivity contribution is 0.102. The van der Waals surface area contributed by atoms with Gasteiger partial charge >= 0.3 is 0 Å². The number of ether oxygens (including phenoxy) is 1. The molecule has 0 aliphatic heterocycles. The number of hydrogen-bond acceptors (Lipinski definition) is 5. The van der Waals surface area contributed by atoms with Crippen LogP contribution in [0.3, 0.4) is 0 Å². The largest absolute Gasteiger partial charge is 0.481 e. The summed E-state index contributed by atoms with van der Waals surface area (Å²) in [7, 11) is 3.36. The van der Waals surface area contributed by atoms with Gasteiger partial charge in [0.1, 0.15) is 0 Å². The molecular weight excluding hydrogens is 268 g/mol. The van der Waals surface area contributed by atoms with Crippen LogP contribution in [0.4, 0.5) is 11.6 Å². The standard InChI is InChI=1S/C15H18N4O2/c1-9-7-11(16-3)5-6-12(9)14(20)19-15-17-10(2)8-13(18-15)21-4/h5-8,16H,1-4H3,(H,17,18,19,20). The van der Waals surface area contributed by atoms with Crippen molar-refractivity contribution in [2.45, 2.75) is 13.8 Å². The fourth-order valence-electron chi connectivity index (χ4n) is 1.94. The van der Waals surface area contributed by atoms with Crippen molar-refractivity contribution in [3.05, 3.63) is 41.1 Å². The van der Waals surface area contributed by atoms with E-state index >= 15 is 0 Å². The topological polar surface area (TPSA) is 76.1 Å². The summed E-state index contributed by atoms with van der Waals surface area (Å²) in [5.41, 5.74) is 3.13. The Bertz CT molecular complexity index is 671. The van der Waals surface area contributed by atoms with E-state index in [1.165, 1.54) is 7.11 Å². The van der Waals surface area contributed by atoms with Crippen LogP contribution in [0.5, 0.6) is 5.88 Å². The van der Waals surface area contributed by atoms with E-state index in [-0.39, 0.29) is 11.9 Å². The molecule has 0 aliphatic carbocycles. The molecule has 2 N–H and O–H groups in total. The van der Waals surface area contributed by atoms with Gasteiger partial charge in [-0.2, -0.15) is 4.98 Å². The molecule has 0 saturated heterocycles. The Kier molecular flexibility index (Phi) is 4.37. The van der Waals surface area contributed by atoms with Crippen LogP contribution in [0.15, 0.2) is 24.3 Å². The van der Waals surface area contributed by atoms with Crippen LogP contribution in [0.25, 0.3) is 0 Å². The Morgan fingerprint density at radius 3 is 2.57 bits per heavy atom. The molecule has 0 unspecified atom stereocenters. The average molecular weight is 286 g/mol. The molecule has 2 rings (SSSR count). The van der Waals surface area contributed by atoms with Gasteiger partial charge in [-0.15, -0.1) is 0 Å². The van der Waals surface area contributed by atoms with Gasteiger partial charge in [0.25, 0.3) is 5.91 Å². The number of aryl methyl sites for hydroxylation is 2. The van der Waals surface area contributed by atoms with Crippen molar-refractivity contribution in [3.63, 3.8) is 0 Å². The smallest absolute Gasteiger partial charge is 0.258 e. The maximum absolute atomic E-state index is 12.3. The van der Waals surface area contributed by atoms with Gasteiger partial charge in [-0.3, -0.25) is 10.1 Å². The number of carbonyl (C=O) groups excluding carboxylic acids is 1. The molecular formula is C15H18N4O2. The molecule has 6 heteroatoms. The molecule has 1 aromatic carbocycles. The highest BCUT2D eigenvalue weighted by atomic mass is 16.5. The maximum atomic E-state index is 12.3. The zero-order valence-electron chi connectivity index (χ0n) is 12.5. The molecule has 1 heterocycles. The lowest BCUT2D eigenvalue weighted by atomic mass is 10.1. The Morgan fingerprint density at radius 2 is 1.95 bits per heavy atom. The minimum atomic E-state index is -0.247. The average Bonchev–Trinajstić information content (AvgIpc) is 2.46. The van der Waals surface area contributed by atoms with Gasteiger partial charge in [0.15, 0.2) is 0 Å². The summed E-state index contributed by atoms with van der Waals surface area (Å²) in [5.74, 6) is 0.400. The fraction of sp³-hybridized carbons (Fsp3) is 0.267. The summed E-state index contributed by atoms with van der Waals surface area (Å²) in [6.07, 6.45) is 0. The van der Waals surface area contributed by atoms with Crippen molar-refractivity contribution < 1.29 is 9.53 Å². The summed E-state index contributed by atoms with van der Waals surface area (Å²) in [4.78, 5) is 20.6. The third-order valence-corrected chi connectivity index (χ3v) is 3.02. The van der Waals surface area contributed by atoms with Gasteiger partial charge in [0.2, 0.25) is 11.8 Å². The first-order chi connectivity index (χ1) is 10.0.